The second-order valence-electron chi connectivity index (χ2n) is 2.96. The fourth-order valence-electron chi connectivity index (χ4n) is 1.14. The minimum absolute atomic E-state index is 0.157. The molecule has 15 heavy (non-hydrogen) atoms. The van der Waals surface area contributed by atoms with Gasteiger partial charge in [0.15, 0.2) is 0 Å². The Labute approximate surface area is 86.9 Å². The molecule has 0 saturated carbocycles. The largest absolute Gasteiger partial charge is 0.493 e. The summed E-state index contributed by atoms with van der Waals surface area (Å²) in [6, 6.07) is 9.55. The zero-order valence-corrected chi connectivity index (χ0v) is 8.09. The average Bonchev–Trinajstić information content (AvgIpc) is 2.66. The van der Waals surface area contributed by atoms with Crippen LogP contribution in [0.2, 0.25) is 0 Å². The maximum absolute atomic E-state index is 5.45. The van der Waals surface area contributed by atoms with E-state index in [9.17, 15) is 0 Å². The van der Waals surface area contributed by atoms with Crippen molar-refractivity contribution in [2.24, 2.45) is 0 Å². The lowest BCUT2D eigenvalue weighted by Gasteiger charge is -2.02. The number of para-hydroxylation sites is 1. The molecule has 0 aliphatic carbocycles. The van der Waals surface area contributed by atoms with E-state index in [4.69, 9.17) is 15.0 Å². The van der Waals surface area contributed by atoms with Crippen LogP contribution < -0.4 is 10.5 Å². The van der Waals surface area contributed by atoms with Crippen LogP contribution in [0.15, 0.2) is 34.9 Å². The van der Waals surface area contributed by atoms with Crippen molar-refractivity contribution in [3.8, 4) is 5.75 Å². The summed E-state index contributed by atoms with van der Waals surface area (Å²) in [5, 5.41) is 3.48. The number of rotatable bonds is 4. The Morgan fingerprint density at radius 3 is 2.73 bits per heavy atom. The number of nitrogen functional groups attached to an aromatic ring is 1. The third-order valence-corrected chi connectivity index (χ3v) is 1.81. The van der Waals surface area contributed by atoms with Gasteiger partial charge in [-0.1, -0.05) is 18.2 Å². The molecule has 1 heterocycles. The van der Waals surface area contributed by atoms with Crippen molar-refractivity contribution in [1.29, 1.82) is 0 Å². The fraction of sp³-hybridized carbons (Fsp3) is 0.200. The molecule has 5 heteroatoms. The Balaban J connectivity index is 1.80. The summed E-state index contributed by atoms with van der Waals surface area (Å²) in [6.45, 7) is 0.492. The number of ether oxygens (including phenoxy) is 1. The first kappa shape index (κ1) is 9.51. The molecule has 0 aliphatic heterocycles. The Bertz CT molecular complexity index is 414. The number of aromatic nitrogens is 2. The van der Waals surface area contributed by atoms with Crippen molar-refractivity contribution in [1.82, 2.24) is 10.1 Å². The van der Waals surface area contributed by atoms with Crippen LogP contribution in [0, 0.1) is 0 Å². The Kier molecular flexibility index (Phi) is 2.82. The SMILES string of the molecule is Nc1noc(CCOc2ccccc2)n1. The van der Waals surface area contributed by atoms with Gasteiger partial charge in [0.05, 0.1) is 13.0 Å². The normalized spacial score (nSPS) is 10.1. The molecule has 5 nitrogen and oxygen atoms in total. The molecule has 0 amide bonds. The van der Waals surface area contributed by atoms with E-state index in [1.165, 1.54) is 0 Å². The van der Waals surface area contributed by atoms with E-state index in [2.05, 4.69) is 10.1 Å². The maximum atomic E-state index is 5.45. The molecule has 0 saturated heterocycles. The number of anilines is 1. The number of nitrogens with zero attached hydrogens (tertiary/aromatic N) is 2. The van der Waals surface area contributed by atoms with Gasteiger partial charge in [-0.2, -0.15) is 4.98 Å². The third kappa shape index (κ3) is 2.70. The monoisotopic (exact) mass is 205 g/mol. The van der Waals surface area contributed by atoms with Gasteiger partial charge in [-0.15, -0.1) is 0 Å². The molecule has 0 bridgehead atoms. The molecular weight excluding hydrogens is 194 g/mol. The molecule has 1 aromatic heterocycles. The molecule has 2 N–H and O–H groups in total. The number of hydrogen-bond donors (Lipinski definition) is 1. The van der Waals surface area contributed by atoms with Crippen molar-refractivity contribution < 1.29 is 9.26 Å². The molecule has 0 unspecified atom stereocenters. The summed E-state index contributed by atoms with van der Waals surface area (Å²) >= 11 is 0. The highest BCUT2D eigenvalue weighted by Gasteiger charge is 2.02. The number of hydrogen-bond acceptors (Lipinski definition) is 5. The highest BCUT2D eigenvalue weighted by molar-refractivity contribution is 5.20. The first-order valence-electron chi connectivity index (χ1n) is 4.60. The van der Waals surface area contributed by atoms with Crippen LogP contribution in [0.3, 0.4) is 0 Å². The molecule has 0 spiro atoms. The topological polar surface area (TPSA) is 74.2 Å². The predicted octanol–water partition coefficient (Wildman–Crippen LogP) is 1.27. The van der Waals surface area contributed by atoms with E-state index in [0.717, 1.165) is 5.75 Å². The Hall–Kier alpha value is -2.04. The summed E-state index contributed by atoms with van der Waals surface area (Å²) in [6.07, 6.45) is 0.555. The van der Waals surface area contributed by atoms with E-state index in [1.54, 1.807) is 0 Å². The van der Waals surface area contributed by atoms with E-state index in [-0.39, 0.29) is 5.95 Å². The highest BCUT2D eigenvalue weighted by atomic mass is 16.5. The van der Waals surface area contributed by atoms with Crippen LogP contribution in [0.25, 0.3) is 0 Å². The Morgan fingerprint density at radius 2 is 2.07 bits per heavy atom. The molecule has 0 atom stereocenters. The molecule has 0 aliphatic rings. The minimum Gasteiger partial charge on any atom is -0.493 e. The van der Waals surface area contributed by atoms with Gasteiger partial charge < -0.3 is 15.0 Å². The average molecular weight is 205 g/mol. The van der Waals surface area contributed by atoms with Gasteiger partial charge in [-0.3, -0.25) is 0 Å². The van der Waals surface area contributed by atoms with Crippen molar-refractivity contribution in [2.75, 3.05) is 12.3 Å². The first-order chi connectivity index (χ1) is 7.34. The molecule has 0 fully saturated rings. The molecule has 1 aromatic carbocycles. The molecule has 78 valence electrons. The second kappa shape index (κ2) is 4.45. The lowest BCUT2D eigenvalue weighted by molar-refractivity contribution is 0.292. The van der Waals surface area contributed by atoms with Crippen molar-refractivity contribution in [3.05, 3.63) is 36.2 Å². The van der Waals surface area contributed by atoms with Gasteiger partial charge >= 0.3 is 0 Å². The summed E-state index contributed by atoms with van der Waals surface area (Å²) in [5.41, 5.74) is 5.30. The summed E-state index contributed by atoms with van der Waals surface area (Å²) in [7, 11) is 0. The van der Waals surface area contributed by atoms with Gasteiger partial charge in [0.2, 0.25) is 5.89 Å². The first-order valence-corrected chi connectivity index (χ1v) is 4.60. The lowest BCUT2D eigenvalue weighted by Crippen LogP contribution is -2.01. The van der Waals surface area contributed by atoms with Crippen molar-refractivity contribution in [3.63, 3.8) is 0 Å². The number of benzene rings is 1. The van der Waals surface area contributed by atoms with E-state index in [1.807, 2.05) is 30.3 Å². The van der Waals surface area contributed by atoms with Crippen LogP contribution in [0.5, 0.6) is 5.75 Å². The van der Waals surface area contributed by atoms with Gasteiger partial charge in [0.25, 0.3) is 5.95 Å². The summed E-state index contributed by atoms with van der Waals surface area (Å²) in [5.74, 6) is 1.47. The maximum Gasteiger partial charge on any atom is 0.260 e. The van der Waals surface area contributed by atoms with Crippen molar-refractivity contribution >= 4 is 5.95 Å². The minimum atomic E-state index is 0.157. The number of nitrogens with two attached hydrogens (primary N) is 1. The highest BCUT2D eigenvalue weighted by Crippen LogP contribution is 2.08. The molecule has 2 rings (SSSR count). The zero-order valence-electron chi connectivity index (χ0n) is 8.09. The van der Waals surface area contributed by atoms with Crippen LogP contribution >= 0.6 is 0 Å². The van der Waals surface area contributed by atoms with E-state index >= 15 is 0 Å². The summed E-state index contributed by atoms with van der Waals surface area (Å²) < 4.78 is 10.3. The van der Waals surface area contributed by atoms with Crippen LogP contribution in [-0.2, 0) is 6.42 Å². The predicted molar refractivity (Wildman–Crippen MR) is 54.4 cm³/mol. The second-order valence-corrected chi connectivity index (χ2v) is 2.96. The smallest absolute Gasteiger partial charge is 0.260 e. The van der Waals surface area contributed by atoms with Crippen LogP contribution in [-0.4, -0.2) is 16.7 Å². The zero-order chi connectivity index (χ0) is 10.5. The van der Waals surface area contributed by atoms with Gasteiger partial charge in [-0.25, -0.2) is 0 Å². The van der Waals surface area contributed by atoms with Crippen LogP contribution in [0.1, 0.15) is 5.89 Å². The van der Waals surface area contributed by atoms with Crippen LogP contribution in [0.4, 0.5) is 5.95 Å². The van der Waals surface area contributed by atoms with E-state index < -0.39 is 0 Å². The van der Waals surface area contributed by atoms with Crippen molar-refractivity contribution in [2.45, 2.75) is 6.42 Å². The Morgan fingerprint density at radius 1 is 1.27 bits per heavy atom. The lowest BCUT2D eigenvalue weighted by atomic mass is 10.3. The van der Waals surface area contributed by atoms with Gasteiger partial charge in [0, 0.05) is 0 Å². The van der Waals surface area contributed by atoms with Gasteiger partial charge in [-0.05, 0) is 17.3 Å². The van der Waals surface area contributed by atoms with Gasteiger partial charge in [0.1, 0.15) is 5.75 Å². The van der Waals surface area contributed by atoms with E-state index in [0.29, 0.717) is 18.9 Å². The standard InChI is InChI=1S/C10H11N3O2/c11-10-12-9(15-13-10)6-7-14-8-4-2-1-3-5-8/h1-5H,6-7H2,(H2,11,13). The fourth-order valence-corrected chi connectivity index (χ4v) is 1.14. The third-order valence-electron chi connectivity index (χ3n) is 1.81. The summed E-state index contributed by atoms with van der Waals surface area (Å²) in [4.78, 5) is 3.86. The molecule has 2 aromatic rings. The quantitative estimate of drug-likeness (QED) is 0.813. The molecular formula is C10H11N3O2. The molecule has 0 radical (unpaired) electrons.